The summed E-state index contributed by atoms with van der Waals surface area (Å²) in [5.41, 5.74) is 4.21. The minimum Gasteiger partial charge on any atom is -0.381 e. The van der Waals surface area contributed by atoms with E-state index in [0.29, 0.717) is 19.1 Å². The minimum absolute atomic E-state index is 0.200. The van der Waals surface area contributed by atoms with Crippen LogP contribution in [-0.4, -0.2) is 60.6 Å². The number of carbonyl (C=O) groups is 1. The summed E-state index contributed by atoms with van der Waals surface area (Å²) in [6.45, 7) is 7.39. The predicted molar refractivity (Wildman–Crippen MR) is 122 cm³/mol. The number of anilines is 1. The van der Waals surface area contributed by atoms with E-state index < -0.39 is 5.60 Å². The van der Waals surface area contributed by atoms with Gasteiger partial charge in [0, 0.05) is 67.0 Å². The zero-order chi connectivity index (χ0) is 22.5. The number of likely N-dealkylation sites (tertiary alicyclic amines) is 1. The number of fused-ring (bicyclic) bond motifs is 2. The number of H-pyrrole nitrogens is 1. The van der Waals surface area contributed by atoms with Gasteiger partial charge in [0.1, 0.15) is 17.6 Å². The first kappa shape index (κ1) is 20.9. The number of pyridine rings is 1. The largest absolute Gasteiger partial charge is 0.381 e. The molecule has 168 valence electrons. The van der Waals surface area contributed by atoms with E-state index in [1.165, 1.54) is 11.3 Å². The number of nitrogens with one attached hydrogen (secondary N) is 1. The van der Waals surface area contributed by atoms with E-state index in [-0.39, 0.29) is 11.8 Å². The van der Waals surface area contributed by atoms with E-state index in [2.05, 4.69) is 38.9 Å². The average Bonchev–Trinajstić information content (AvgIpc) is 3.26. The van der Waals surface area contributed by atoms with Crippen LogP contribution in [0.3, 0.4) is 0 Å². The fourth-order valence-corrected chi connectivity index (χ4v) is 5.14. The van der Waals surface area contributed by atoms with E-state index in [1.807, 2.05) is 12.4 Å². The van der Waals surface area contributed by atoms with Gasteiger partial charge in [-0.2, -0.15) is 0 Å². The van der Waals surface area contributed by atoms with E-state index in [9.17, 15) is 9.90 Å². The third-order valence-corrected chi connectivity index (χ3v) is 6.86. The summed E-state index contributed by atoms with van der Waals surface area (Å²) in [4.78, 5) is 33.7. The molecule has 2 aliphatic heterocycles. The number of piperidine rings is 1. The predicted octanol–water partition coefficient (Wildman–Crippen LogP) is 2.78. The van der Waals surface area contributed by atoms with Gasteiger partial charge in [0.25, 0.3) is 5.91 Å². The van der Waals surface area contributed by atoms with Crippen LogP contribution in [0.2, 0.25) is 0 Å². The second-order valence-corrected chi connectivity index (χ2v) is 9.56. The standard InChI is InChI=1S/C24H30N6O2/c1-15-12-19-18(13-30(15)20-5-9-26-22-17(20)4-8-25-22)21(28-14-27-19)16-6-10-29(11-7-16)23(31)24(2,3)32/h4-5,8-9,14-16,32H,6-7,10-13H2,1-3H3,(H,25,26)/t15-/m1/s1. The first-order valence-corrected chi connectivity index (χ1v) is 11.4. The van der Waals surface area contributed by atoms with E-state index in [1.54, 1.807) is 25.1 Å². The molecule has 1 atom stereocenters. The van der Waals surface area contributed by atoms with Crippen LogP contribution in [0, 0.1) is 0 Å². The Kier molecular flexibility index (Phi) is 5.12. The van der Waals surface area contributed by atoms with Crippen LogP contribution >= 0.6 is 0 Å². The summed E-state index contributed by atoms with van der Waals surface area (Å²) in [6.07, 6.45) is 8.04. The second-order valence-electron chi connectivity index (χ2n) is 9.56. The highest BCUT2D eigenvalue weighted by Crippen LogP contribution is 2.36. The van der Waals surface area contributed by atoms with Crippen molar-refractivity contribution in [2.75, 3.05) is 18.0 Å². The Morgan fingerprint density at radius 3 is 2.72 bits per heavy atom. The van der Waals surface area contributed by atoms with Crippen LogP contribution in [0.5, 0.6) is 0 Å². The quantitative estimate of drug-likeness (QED) is 0.658. The number of carbonyl (C=O) groups excluding carboxylic acids is 1. The molecule has 0 bridgehead atoms. The fourth-order valence-electron chi connectivity index (χ4n) is 5.14. The van der Waals surface area contributed by atoms with Gasteiger partial charge in [-0.1, -0.05) is 0 Å². The lowest BCUT2D eigenvalue weighted by atomic mass is 9.87. The molecule has 1 amide bonds. The van der Waals surface area contributed by atoms with E-state index in [4.69, 9.17) is 4.98 Å². The molecule has 0 unspecified atom stereocenters. The molecule has 0 aliphatic carbocycles. The van der Waals surface area contributed by atoms with Gasteiger partial charge in [0.15, 0.2) is 0 Å². The first-order chi connectivity index (χ1) is 15.3. The lowest BCUT2D eigenvalue weighted by Gasteiger charge is -2.39. The maximum Gasteiger partial charge on any atom is 0.253 e. The molecule has 0 saturated carbocycles. The molecule has 3 aromatic heterocycles. The molecule has 3 aromatic rings. The van der Waals surface area contributed by atoms with Gasteiger partial charge >= 0.3 is 0 Å². The Morgan fingerprint density at radius 1 is 1.19 bits per heavy atom. The molecular formula is C24H30N6O2. The molecule has 8 heteroatoms. The SMILES string of the molecule is C[C@@H]1Cc2ncnc(C3CCN(C(=O)C(C)(C)O)CC3)c2CN1c1ccnc2[nH]ccc12. The lowest BCUT2D eigenvalue weighted by Crippen LogP contribution is -2.48. The maximum absolute atomic E-state index is 12.5. The van der Waals surface area contributed by atoms with Crippen LogP contribution in [0.4, 0.5) is 5.69 Å². The van der Waals surface area contributed by atoms with E-state index >= 15 is 0 Å². The average molecular weight is 435 g/mol. The Morgan fingerprint density at radius 2 is 1.97 bits per heavy atom. The lowest BCUT2D eigenvalue weighted by molar-refractivity contribution is -0.148. The summed E-state index contributed by atoms with van der Waals surface area (Å²) < 4.78 is 0. The highest BCUT2D eigenvalue weighted by molar-refractivity contribution is 5.90. The fraction of sp³-hybridized carbons (Fsp3) is 0.500. The van der Waals surface area contributed by atoms with Gasteiger partial charge in [0.05, 0.1) is 11.4 Å². The van der Waals surface area contributed by atoms with Crippen molar-refractivity contribution < 1.29 is 9.90 Å². The van der Waals surface area contributed by atoms with Gasteiger partial charge in [-0.15, -0.1) is 0 Å². The van der Waals surface area contributed by atoms with Crippen molar-refractivity contribution in [3.05, 3.63) is 47.8 Å². The summed E-state index contributed by atoms with van der Waals surface area (Å²) in [7, 11) is 0. The number of hydrogen-bond donors (Lipinski definition) is 2. The van der Waals surface area contributed by atoms with Gasteiger partial charge in [-0.3, -0.25) is 4.79 Å². The number of aliphatic hydroxyl groups is 1. The van der Waals surface area contributed by atoms with Crippen molar-refractivity contribution >= 4 is 22.6 Å². The first-order valence-electron chi connectivity index (χ1n) is 11.4. The van der Waals surface area contributed by atoms with E-state index in [0.717, 1.165) is 48.2 Å². The Hall–Kier alpha value is -3.00. The number of aromatic nitrogens is 4. The Labute approximate surface area is 187 Å². The number of nitrogens with zero attached hydrogens (tertiary/aromatic N) is 5. The van der Waals surface area contributed by atoms with Crippen LogP contribution in [0.25, 0.3) is 11.0 Å². The molecule has 5 rings (SSSR count). The number of hydrogen-bond acceptors (Lipinski definition) is 6. The van der Waals surface area contributed by atoms with Gasteiger partial charge < -0.3 is 19.9 Å². The highest BCUT2D eigenvalue weighted by atomic mass is 16.3. The van der Waals surface area contributed by atoms with Crippen LogP contribution in [0.15, 0.2) is 30.9 Å². The third kappa shape index (κ3) is 3.62. The monoisotopic (exact) mass is 434 g/mol. The molecule has 0 radical (unpaired) electrons. The molecule has 1 fully saturated rings. The Balaban J connectivity index is 1.41. The summed E-state index contributed by atoms with van der Waals surface area (Å²) in [6, 6.07) is 4.48. The Bertz CT molecular complexity index is 1140. The molecular weight excluding hydrogens is 404 g/mol. The molecule has 1 saturated heterocycles. The number of amides is 1. The zero-order valence-corrected chi connectivity index (χ0v) is 18.9. The van der Waals surface area contributed by atoms with Crippen LogP contribution in [0.1, 0.15) is 56.5 Å². The molecule has 8 nitrogen and oxygen atoms in total. The molecule has 0 aromatic carbocycles. The van der Waals surface area contributed by atoms with Crippen molar-refractivity contribution in [1.29, 1.82) is 0 Å². The molecule has 2 N–H and O–H groups in total. The molecule has 2 aliphatic rings. The summed E-state index contributed by atoms with van der Waals surface area (Å²) in [5, 5.41) is 11.2. The van der Waals surface area contributed by atoms with Gasteiger partial charge in [-0.05, 0) is 45.7 Å². The van der Waals surface area contributed by atoms with Crippen molar-refractivity contribution in [1.82, 2.24) is 24.8 Å². The van der Waals surface area contributed by atoms with Crippen LogP contribution < -0.4 is 4.90 Å². The molecule has 5 heterocycles. The number of aromatic amines is 1. The van der Waals surface area contributed by atoms with Crippen LogP contribution in [-0.2, 0) is 17.8 Å². The molecule has 32 heavy (non-hydrogen) atoms. The van der Waals surface area contributed by atoms with Gasteiger partial charge in [0.2, 0.25) is 0 Å². The van der Waals surface area contributed by atoms with Crippen molar-refractivity contribution in [2.24, 2.45) is 0 Å². The molecule has 0 spiro atoms. The van der Waals surface area contributed by atoms with Gasteiger partial charge in [-0.25, -0.2) is 15.0 Å². The summed E-state index contributed by atoms with van der Waals surface area (Å²) in [5.74, 6) is 0.0893. The smallest absolute Gasteiger partial charge is 0.253 e. The van der Waals surface area contributed by atoms with Crippen molar-refractivity contribution in [3.63, 3.8) is 0 Å². The second kappa shape index (κ2) is 7.85. The topological polar surface area (TPSA) is 98.2 Å². The third-order valence-electron chi connectivity index (χ3n) is 6.86. The zero-order valence-electron chi connectivity index (χ0n) is 18.9. The minimum atomic E-state index is -1.33. The maximum atomic E-state index is 12.5. The normalized spacial score (nSPS) is 19.9. The summed E-state index contributed by atoms with van der Waals surface area (Å²) >= 11 is 0. The van der Waals surface area contributed by atoms with Crippen molar-refractivity contribution in [2.45, 2.75) is 64.1 Å². The number of rotatable bonds is 3. The highest BCUT2D eigenvalue weighted by Gasteiger charge is 2.35. The van der Waals surface area contributed by atoms with Crippen molar-refractivity contribution in [3.8, 4) is 0 Å².